The number of aromatic nitrogens is 3. The number of ether oxygens (including phenoxy) is 1. The van der Waals surface area contributed by atoms with Gasteiger partial charge in [0.2, 0.25) is 11.8 Å². The van der Waals surface area contributed by atoms with E-state index in [9.17, 15) is 4.79 Å². The number of hydrogen-bond donors (Lipinski definition) is 1. The average Bonchev–Trinajstić information content (AvgIpc) is 2.96. The molecule has 2 N–H and O–H groups in total. The Balaban J connectivity index is 2.33. The second-order valence-electron chi connectivity index (χ2n) is 6.25. The third-order valence-corrected chi connectivity index (χ3v) is 3.99. The number of anilines is 1. The summed E-state index contributed by atoms with van der Waals surface area (Å²) in [5.74, 6) is 1.39. The smallest absolute Gasteiger partial charge is 0.286 e. The van der Waals surface area contributed by atoms with E-state index in [1.807, 2.05) is 36.2 Å². The van der Waals surface area contributed by atoms with Gasteiger partial charge in [0, 0.05) is 13.6 Å². The Hall–Kier alpha value is -2.57. The van der Waals surface area contributed by atoms with Crippen LogP contribution in [-0.2, 0) is 6.54 Å². The molecule has 0 bridgehead atoms. The fourth-order valence-electron chi connectivity index (χ4n) is 2.55. The van der Waals surface area contributed by atoms with Gasteiger partial charge in [0.1, 0.15) is 5.75 Å². The zero-order chi connectivity index (χ0) is 17.9. The summed E-state index contributed by atoms with van der Waals surface area (Å²) in [6.45, 7) is 6.84. The topological polar surface area (TPSA) is 86.3 Å². The number of hydrogen-bond acceptors (Lipinski definition) is 5. The summed E-state index contributed by atoms with van der Waals surface area (Å²) in [6.07, 6.45) is 0. The molecule has 0 spiro atoms. The third-order valence-electron chi connectivity index (χ3n) is 3.99. The van der Waals surface area contributed by atoms with Gasteiger partial charge in [-0.3, -0.25) is 9.36 Å². The normalized spacial score (nSPS) is 12.2. The summed E-state index contributed by atoms with van der Waals surface area (Å²) in [6, 6.07) is 7.92. The summed E-state index contributed by atoms with van der Waals surface area (Å²) >= 11 is 0. The molecule has 0 aliphatic heterocycles. The Morgan fingerprint density at radius 3 is 2.38 bits per heavy atom. The van der Waals surface area contributed by atoms with Gasteiger partial charge in [-0.05, 0) is 30.5 Å². The number of primary amides is 1. The molecule has 0 aliphatic carbocycles. The molecule has 2 aromatic rings. The summed E-state index contributed by atoms with van der Waals surface area (Å²) in [4.78, 5) is 13.6. The van der Waals surface area contributed by atoms with Crippen LogP contribution < -0.4 is 15.4 Å². The van der Waals surface area contributed by atoms with E-state index in [0.717, 1.165) is 11.3 Å². The maximum absolute atomic E-state index is 11.6. The highest BCUT2D eigenvalue weighted by atomic mass is 16.5. The Morgan fingerprint density at radius 2 is 1.88 bits per heavy atom. The van der Waals surface area contributed by atoms with Crippen LogP contribution in [0.3, 0.4) is 0 Å². The molecule has 0 fully saturated rings. The van der Waals surface area contributed by atoms with Crippen molar-refractivity contribution >= 4 is 11.9 Å². The molecule has 1 atom stereocenters. The van der Waals surface area contributed by atoms with Crippen LogP contribution in [-0.4, -0.2) is 34.8 Å². The number of carbonyl (C=O) groups excluding carboxylic acids is 1. The first-order valence-electron chi connectivity index (χ1n) is 7.95. The fraction of sp³-hybridized carbons (Fsp3) is 0.471. The van der Waals surface area contributed by atoms with E-state index in [4.69, 9.17) is 10.5 Å². The van der Waals surface area contributed by atoms with Gasteiger partial charge in [-0.15, -0.1) is 10.2 Å². The van der Waals surface area contributed by atoms with Crippen LogP contribution in [0.5, 0.6) is 5.75 Å². The predicted molar refractivity (Wildman–Crippen MR) is 93.2 cm³/mol. The Morgan fingerprint density at radius 1 is 1.25 bits per heavy atom. The molecule has 1 amide bonds. The molecule has 0 radical (unpaired) electrons. The Labute approximate surface area is 142 Å². The van der Waals surface area contributed by atoms with Crippen LogP contribution in [0.4, 0.5) is 5.95 Å². The lowest BCUT2D eigenvalue weighted by Gasteiger charge is -2.27. The summed E-state index contributed by atoms with van der Waals surface area (Å²) < 4.78 is 6.98. The molecule has 7 heteroatoms. The number of carbonyl (C=O) groups is 1. The summed E-state index contributed by atoms with van der Waals surface area (Å²) in [5, 5.41) is 8.15. The number of nitrogens with zero attached hydrogens (tertiary/aromatic N) is 4. The minimum atomic E-state index is -0.570. The van der Waals surface area contributed by atoms with Crippen LogP contribution in [0.15, 0.2) is 24.3 Å². The molecule has 1 aromatic carbocycles. The maximum atomic E-state index is 11.6. The molecule has 130 valence electrons. The molecule has 24 heavy (non-hydrogen) atoms. The number of methoxy groups -OCH3 is 1. The van der Waals surface area contributed by atoms with E-state index in [1.165, 1.54) is 0 Å². The zero-order valence-corrected chi connectivity index (χ0v) is 14.9. The molecule has 7 nitrogen and oxygen atoms in total. The SMILES string of the molecule is COc1ccc(C(C)N(C)c2nnc(C(N)=O)n2CC(C)C)cc1. The highest BCUT2D eigenvalue weighted by Crippen LogP contribution is 2.26. The van der Waals surface area contributed by atoms with Crippen molar-refractivity contribution in [1.82, 2.24) is 14.8 Å². The van der Waals surface area contributed by atoms with E-state index < -0.39 is 5.91 Å². The van der Waals surface area contributed by atoms with Crippen molar-refractivity contribution in [2.75, 3.05) is 19.1 Å². The predicted octanol–water partition coefficient (Wildman–Crippen LogP) is 2.24. The molecule has 1 unspecified atom stereocenters. The first-order chi connectivity index (χ1) is 11.3. The van der Waals surface area contributed by atoms with E-state index in [1.54, 1.807) is 11.7 Å². The second-order valence-corrected chi connectivity index (χ2v) is 6.25. The van der Waals surface area contributed by atoms with Gasteiger partial charge in [-0.25, -0.2) is 0 Å². The third kappa shape index (κ3) is 3.67. The Bertz CT molecular complexity index is 694. The lowest BCUT2D eigenvalue weighted by atomic mass is 10.1. The second kappa shape index (κ2) is 7.33. The summed E-state index contributed by atoms with van der Waals surface area (Å²) in [5.41, 5.74) is 6.54. The van der Waals surface area contributed by atoms with Gasteiger partial charge in [0.25, 0.3) is 5.91 Å². The number of benzene rings is 1. The van der Waals surface area contributed by atoms with Crippen LogP contribution in [0.25, 0.3) is 0 Å². The fourth-order valence-corrected chi connectivity index (χ4v) is 2.55. The number of amides is 1. The van der Waals surface area contributed by atoms with Gasteiger partial charge in [0.15, 0.2) is 0 Å². The van der Waals surface area contributed by atoms with E-state index in [-0.39, 0.29) is 11.9 Å². The first-order valence-corrected chi connectivity index (χ1v) is 7.95. The van der Waals surface area contributed by atoms with Crippen LogP contribution in [0.1, 0.15) is 43.0 Å². The van der Waals surface area contributed by atoms with Crippen molar-refractivity contribution in [2.24, 2.45) is 11.7 Å². The van der Waals surface area contributed by atoms with Crippen molar-refractivity contribution in [1.29, 1.82) is 0 Å². The quantitative estimate of drug-likeness (QED) is 0.841. The highest BCUT2D eigenvalue weighted by molar-refractivity contribution is 5.89. The highest BCUT2D eigenvalue weighted by Gasteiger charge is 2.23. The van der Waals surface area contributed by atoms with Gasteiger partial charge < -0.3 is 15.4 Å². The maximum Gasteiger partial charge on any atom is 0.286 e. The zero-order valence-electron chi connectivity index (χ0n) is 14.9. The molecule has 2 rings (SSSR count). The molecule has 0 aliphatic rings. The lowest BCUT2D eigenvalue weighted by molar-refractivity contribution is 0.0985. The van der Waals surface area contributed by atoms with Crippen LogP contribution in [0.2, 0.25) is 0 Å². The molecular weight excluding hydrogens is 306 g/mol. The van der Waals surface area contributed by atoms with Crippen LogP contribution >= 0.6 is 0 Å². The number of nitrogens with two attached hydrogens (primary N) is 1. The summed E-state index contributed by atoms with van der Waals surface area (Å²) in [7, 11) is 3.57. The molecule has 1 heterocycles. The standard InChI is InChI=1S/C17H25N5O2/c1-11(2)10-22-16(15(18)23)19-20-17(22)21(4)12(3)13-6-8-14(24-5)9-7-13/h6-9,11-12H,10H2,1-5H3,(H2,18,23). The largest absolute Gasteiger partial charge is 0.497 e. The minimum absolute atomic E-state index is 0.0479. The van der Waals surface area contributed by atoms with Gasteiger partial charge in [-0.2, -0.15) is 0 Å². The van der Waals surface area contributed by atoms with Crippen molar-refractivity contribution in [3.8, 4) is 5.75 Å². The van der Waals surface area contributed by atoms with Crippen molar-refractivity contribution in [3.05, 3.63) is 35.7 Å². The molecular formula is C17H25N5O2. The average molecular weight is 331 g/mol. The van der Waals surface area contributed by atoms with Gasteiger partial charge in [0.05, 0.1) is 13.2 Å². The minimum Gasteiger partial charge on any atom is -0.497 e. The first kappa shape index (κ1) is 17.8. The monoisotopic (exact) mass is 331 g/mol. The van der Waals surface area contributed by atoms with E-state index in [0.29, 0.717) is 18.4 Å². The van der Waals surface area contributed by atoms with Crippen molar-refractivity contribution in [3.63, 3.8) is 0 Å². The Kier molecular flexibility index (Phi) is 5.43. The van der Waals surface area contributed by atoms with E-state index >= 15 is 0 Å². The van der Waals surface area contributed by atoms with E-state index in [2.05, 4.69) is 31.0 Å². The number of rotatable bonds is 7. The molecule has 0 saturated carbocycles. The molecule has 0 saturated heterocycles. The van der Waals surface area contributed by atoms with Crippen LogP contribution in [0, 0.1) is 5.92 Å². The van der Waals surface area contributed by atoms with Crippen molar-refractivity contribution < 1.29 is 9.53 Å². The molecule has 1 aromatic heterocycles. The van der Waals surface area contributed by atoms with Gasteiger partial charge in [-0.1, -0.05) is 26.0 Å². The van der Waals surface area contributed by atoms with Gasteiger partial charge >= 0.3 is 0 Å². The lowest BCUT2D eigenvalue weighted by Crippen LogP contribution is -2.27. The van der Waals surface area contributed by atoms with Crippen molar-refractivity contribution in [2.45, 2.75) is 33.4 Å².